The van der Waals surface area contributed by atoms with Crippen LogP contribution in [-0.4, -0.2) is 146 Å². The predicted octanol–water partition coefficient (Wildman–Crippen LogP) is 15.1. The van der Waals surface area contributed by atoms with Gasteiger partial charge in [0.05, 0.1) is 50.6 Å². The SMILES string of the molecule is C[N+]1=C(/C=C/C=C/C=C2\N(CCCCCC(=O)NCc3cn(-c4cccc(C(=O)N[C@@H](CCCCN)C(=O)COc5c(F)cc(CCC(=O)C6CCN(S(=O)(=O)c7ccccc7-c7c8ccc(=[N+]9CCc%10cc(S(=O)(=O)O)ccc%109)cc-8oc8cc(N9CCc%10ccccc%109)ccc78)CC6)cc5F)c4)nn3)c3ccccc3C2(C)C)C(C)(C)c2cc(S(=O)(=O)O)ccc21. The van der Waals surface area contributed by atoms with Crippen molar-refractivity contribution < 1.29 is 76.0 Å². The van der Waals surface area contributed by atoms with Gasteiger partial charge < -0.3 is 35.3 Å². The van der Waals surface area contributed by atoms with Gasteiger partial charge in [-0.05, 0) is 192 Å². The van der Waals surface area contributed by atoms with Gasteiger partial charge >= 0.3 is 0 Å². The summed E-state index contributed by atoms with van der Waals surface area (Å²) in [5.74, 6) is -4.70. The van der Waals surface area contributed by atoms with E-state index in [1.807, 2.05) is 109 Å². The molecule has 9 aromatic rings. The Morgan fingerprint density at radius 1 is 0.688 bits per heavy atom. The molecule has 0 bridgehead atoms. The average molecular weight is 1790 g/mol. The van der Waals surface area contributed by atoms with Gasteiger partial charge in [0.25, 0.3) is 26.1 Å². The second kappa shape index (κ2) is 36.8. The van der Waals surface area contributed by atoms with Crippen LogP contribution in [-0.2, 0) is 81.3 Å². The van der Waals surface area contributed by atoms with E-state index in [1.165, 1.54) is 44.4 Å². The molecule has 0 radical (unpaired) electrons. The predicted molar refractivity (Wildman–Crippen MR) is 486 cm³/mol. The van der Waals surface area contributed by atoms with Crippen molar-refractivity contribution >= 4 is 98.8 Å². The number of para-hydroxylation sites is 2. The number of hydrogen-bond donors (Lipinski definition) is 5. The lowest BCUT2D eigenvalue weighted by Gasteiger charge is -2.31. The van der Waals surface area contributed by atoms with Crippen molar-refractivity contribution in [3.05, 3.63) is 280 Å². The molecule has 1 aromatic heterocycles. The normalized spacial score (nSPS) is 16.7. The summed E-state index contributed by atoms with van der Waals surface area (Å²) in [6.45, 7) is 10.1. The third-order valence-electron chi connectivity index (χ3n) is 25.3. The largest absolute Gasteiger partial charge is 0.480 e. The number of carbonyl (C=O) groups excluding carboxylic acids is 4. The summed E-state index contributed by atoms with van der Waals surface area (Å²) in [6, 6.07) is 51.7. The third kappa shape index (κ3) is 18.5. The van der Waals surface area contributed by atoms with Gasteiger partial charge in [0.15, 0.2) is 35.4 Å². The fourth-order valence-corrected chi connectivity index (χ4v) is 21.2. The fourth-order valence-electron chi connectivity index (χ4n) is 18.5. The highest BCUT2D eigenvalue weighted by atomic mass is 32.2. The number of Topliss-reactive ketones (excluding diaryl/α,β-unsaturated/α-hetero) is 2. The van der Waals surface area contributed by atoms with E-state index in [9.17, 15) is 45.1 Å². The van der Waals surface area contributed by atoms with Crippen LogP contribution in [0.2, 0.25) is 0 Å². The number of nitrogens with zero attached hydrogens (tertiary/aromatic N) is 8. The zero-order valence-corrected chi connectivity index (χ0v) is 74.2. The number of halogens is 2. The Morgan fingerprint density at radius 3 is 2.20 bits per heavy atom. The maximum atomic E-state index is 15.9. The molecule has 6 N–H and O–H groups in total. The number of ketones is 2. The lowest BCUT2D eigenvalue weighted by molar-refractivity contribution is -0.401. The van der Waals surface area contributed by atoms with Gasteiger partial charge in [-0.15, -0.1) is 5.10 Å². The molecule has 128 heavy (non-hydrogen) atoms. The number of piperidine rings is 1. The highest BCUT2D eigenvalue weighted by molar-refractivity contribution is 7.89. The van der Waals surface area contributed by atoms with Gasteiger partial charge in [-0.1, -0.05) is 104 Å². The maximum Gasteiger partial charge on any atom is 0.294 e. The Bertz CT molecular complexity index is 6770. The highest BCUT2D eigenvalue weighted by Gasteiger charge is 2.45. The van der Waals surface area contributed by atoms with Crippen LogP contribution in [0.3, 0.4) is 0 Å². The van der Waals surface area contributed by atoms with E-state index < -0.39 is 83.3 Å². The first-order valence-electron chi connectivity index (χ1n) is 43.1. The van der Waals surface area contributed by atoms with Crippen LogP contribution in [0.25, 0.3) is 39.1 Å². The van der Waals surface area contributed by atoms with E-state index in [-0.39, 0.29) is 94.7 Å². The number of benzene rings is 9. The number of anilines is 3. The molecular weight excluding hydrogens is 1690 g/mol. The van der Waals surface area contributed by atoms with Crippen LogP contribution in [0.5, 0.6) is 5.75 Å². The zero-order chi connectivity index (χ0) is 90.1. The van der Waals surface area contributed by atoms with E-state index in [4.69, 9.17) is 14.9 Å². The molecule has 16 rings (SSSR count). The number of allylic oxidation sites excluding steroid dienone is 6. The smallest absolute Gasteiger partial charge is 0.294 e. The van der Waals surface area contributed by atoms with Crippen LogP contribution in [0.1, 0.15) is 136 Å². The summed E-state index contributed by atoms with van der Waals surface area (Å²) in [6.07, 6.45) is 17.1. The van der Waals surface area contributed by atoms with Crippen molar-refractivity contribution in [3.63, 3.8) is 0 Å². The molecule has 0 saturated carbocycles. The molecule has 7 aliphatic rings. The van der Waals surface area contributed by atoms with Crippen molar-refractivity contribution in [1.82, 2.24) is 34.5 Å². The number of nitrogens with two attached hydrogens (primary N) is 1. The van der Waals surface area contributed by atoms with E-state index >= 15 is 17.2 Å². The number of carbonyl (C=O) groups is 4. The summed E-state index contributed by atoms with van der Waals surface area (Å²) in [5, 5.41) is 15.7. The van der Waals surface area contributed by atoms with Crippen LogP contribution in [0, 0.1) is 17.6 Å². The molecule has 1 fully saturated rings. The Labute approximate surface area is 742 Å². The van der Waals surface area contributed by atoms with E-state index in [0.29, 0.717) is 90.0 Å². The number of ether oxygens (including phenoxy) is 1. The molecule has 1 saturated heterocycles. The lowest BCUT2D eigenvalue weighted by atomic mass is 9.81. The quantitative estimate of drug-likeness (QED) is 0.00859. The zero-order valence-electron chi connectivity index (χ0n) is 71.7. The van der Waals surface area contributed by atoms with Gasteiger partial charge in [-0.3, -0.25) is 28.3 Å². The minimum absolute atomic E-state index is 0.0252. The molecule has 1 aliphatic carbocycles. The Kier molecular flexibility index (Phi) is 25.6. The molecule has 0 unspecified atom stereocenters. The number of amides is 2. The number of hydrogen-bond acceptors (Lipinski definition) is 17. The van der Waals surface area contributed by atoms with Gasteiger partial charge in [0.2, 0.25) is 32.7 Å². The Balaban J connectivity index is 0.504. The maximum absolute atomic E-state index is 15.9. The van der Waals surface area contributed by atoms with Crippen LogP contribution < -0.4 is 40.8 Å². The van der Waals surface area contributed by atoms with Crippen molar-refractivity contribution in [2.75, 3.05) is 62.7 Å². The van der Waals surface area contributed by atoms with Gasteiger partial charge in [0.1, 0.15) is 36.5 Å². The van der Waals surface area contributed by atoms with Crippen molar-refractivity contribution in [2.45, 2.75) is 149 Å². The summed E-state index contributed by atoms with van der Waals surface area (Å²) in [5.41, 5.74) is 19.3. The first-order valence-corrected chi connectivity index (χ1v) is 47.4. The average Bonchev–Trinajstić information content (AvgIpc) is 1.02. The van der Waals surface area contributed by atoms with Gasteiger partial charge in [0, 0.05) is 149 Å². The van der Waals surface area contributed by atoms with Crippen LogP contribution >= 0.6 is 0 Å². The van der Waals surface area contributed by atoms with Crippen molar-refractivity contribution in [2.24, 2.45) is 11.7 Å². The molecule has 1 atom stereocenters. The second-order valence-corrected chi connectivity index (χ2v) is 39.0. The van der Waals surface area contributed by atoms with Gasteiger partial charge in [-0.2, -0.15) is 30.3 Å². The minimum atomic E-state index is -4.43. The molecule has 30 heteroatoms. The number of rotatable bonds is 32. The second-order valence-electron chi connectivity index (χ2n) is 34.2. The molecule has 7 heterocycles. The number of aryl methyl sites for hydroxylation is 1. The van der Waals surface area contributed by atoms with Crippen LogP contribution in [0.4, 0.5) is 37.2 Å². The summed E-state index contributed by atoms with van der Waals surface area (Å²) < 4.78 is 149. The molecule has 2 amide bonds. The summed E-state index contributed by atoms with van der Waals surface area (Å²) in [7, 11) is -11.1. The van der Waals surface area contributed by atoms with E-state index in [0.717, 1.165) is 101 Å². The highest BCUT2D eigenvalue weighted by Crippen LogP contribution is 2.50. The van der Waals surface area contributed by atoms with Crippen LogP contribution in [0.15, 0.2) is 243 Å². The minimum Gasteiger partial charge on any atom is -0.480 e. The number of unbranched alkanes of at least 4 members (excludes halogenated alkanes) is 3. The number of sulfonamides is 1. The first-order chi connectivity index (χ1) is 61.3. The summed E-state index contributed by atoms with van der Waals surface area (Å²) in [4.78, 5) is 59.4. The third-order valence-corrected chi connectivity index (χ3v) is 29.0. The lowest BCUT2D eigenvalue weighted by Crippen LogP contribution is -2.43. The van der Waals surface area contributed by atoms with Crippen molar-refractivity contribution in [3.8, 4) is 33.9 Å². The fraction of sp³-hybridized carbons (Fsp3) is 0.306. The number of aromatic nitrogens is 3. The molecule has 8 aromatic carbocycles. The molecule has 0 spiro atoms. The molecular formula is C98H101F2N11O14S3+2. The van der Waals surface area contributed by atoms with E-state index in [1.54, 1.807) is 66.9 Å². The molecule has 25 nitrogen and oxygen atoms in total. The van der Waals surface area contributed by atoms with Crippen molar-refractivity contribution in [1.29, 1.82) is 0 Å². The standard InChI is InChI=1S/C98H99F2N11O14S3/c1-97(2)77-25-13-15-28-85(77)110(92(97)31-9-6-8-30-91-98(3,4)78-59-73(128(121,122)123)37-41-84(78)106(91)5)48-19-7-10-32-93(114)102-60-68-61-111(105-104-68)71-23-20-22-67(55-71)96(115)103-81(26-17-18-47-101)87(113)62-124-95-79(99)53-63(54-80(95)100)33-42-86(112)65-43-49-107(50-44-65)126(116,117)90-29-16-12-24-76(90)94-74-38-34-69(108-51-45-64-21-11-14-27-82(64)108)57-88(74)125-89-58-70(35-39-75(89)94)109-52-46-66-56-72(127(118,119)120)36-40-83(66)109/h6,8-9,11-16,20-25,27-31,34-41,53-59,61,65,81H,7,10,17-19,26,32-33,42-52,60,62,101H2,1-5H3,(H2-2,102,103,114,115,118,119,120,121,122,123)/p+2/t81-/m0/s1. The number of nitrogens with one attached hydrogen (secondary N) is 2. The van der Waals surface area contributed by atoms with Gasteiger partial charge in [-0.25, -0.2) is 21.9 Å². The monoisotopic (exact) mass is 1790 g/mol. The Hall–Kier alpha value is -12.3. The Morgan fingerprint density at radius 2 is 1.42 bits per heavy atom. The summed E-state index contributed by atoms with van der Waals surface area (Å²) >= 11 is 0. The first kappa shape index (κ1) is 89.1. The van der Waals surface area contributed by atoms with E-state index in [2.05, 4.69) is 81.0 Å². The number of fused-ring (bicyclic) bond motifs is 6. The topological polar surface area (TPSA) is 330 Å². The molecule has 6 aliphatic heterocycles. The molecule has 662 valence electrons.